The monoisotopic (exact) mass is 539 g/mol. The van der Waals surface area contributed by atoms with Crippen LogP contribution in [-0.2, 0) is 10.0 Å². The van der Waals surface area contributed by atoms with Crippen molar-refractivity contribution in [1.82, 2.24) is 13.9 Å². The number of sulfonamides is 1. The minimum Gasteiger partial charge on any atom is -0.268 e. The fourth-order valence-electron chi connectivity index (χ4n) is 5.04. The van der Waals surface area contributed by atoms with E-state index in [0.29, 0.717) is 27.8 Å². The third kappa shape index (κ3) is 4.88. The van der Waals surface area contributed by atoms with Crippen LogP contribution < -0.4 is 5.56 Å². The van der Waals surface area contributed by atoms with E-state index in [2.05, 4.69) is 0 Å². The third-order valence-electron chi connectivity index (χ3n) is 7.24. The van der Waals surface area contributed by atoms with Crippen molar-refractivity contribution in [3.63, 3.8) is 0 Å². The van der Waals surface area contributed by atoms with Crippen LogP contribution in [0.15, 0.2) is 94.6 Å². The Morgan fingerprint density at radius 3 is 2.21 bits per heavy atom. The van der Waals surface area contributed by atoms with Crippen molar-refractivity contribution in [2.45, 2.75) is 45.6 Å². The molecule has 0 fully saturated rings. The maximum absolute atomic E-state index is 14.4. The summed E-state index contributed by atoms with van der Waals surface area (Å²) in [6.07, 6.45) is 0. The van der Waals surface area contributed by atoms with Gasteiger partial charge in [0.2, 0.25) is 10.0 Å². The summed E-state index contributed by atoms with van der Waals surface area (Å²) in [5.41, 5.74) is 3.12. The van der Waals surface area contributed by atoms with Crippen molar-refractivity contribution in [3.05, 3.63) is 112 Å². The summed E-state index contributed by atoms with van der Waals surface area (Å²) in [5, 5.41) is 2.00. The van der Waals surface area contributed by atoms with E-state index in [1.165, 1.54) is 4.31 Å². The van der Waals surface area contributed by atoms with E-state index in [0.717, 1.165) is 16.5 Å². The van der Waals surface area contributed by atoms with E-state index in [1.54, 1.807) is 28.8 Å². The number of benzene rings is 4. The Kier molecular flexibility index (Phi) is 7.14. The molecular weight excluding hydrogens is 506 g/mol. The van der Waals surface area contributed by atoms with E-state index in [1.807, 2.05) is 95.3 Å². The Balaban J connectivity index is 1.77. The first-order valence-corrected chi connectivity index (χ1v) is 14.6. The van der Waals surface area contributed by atoms with Gasteiger partial charge in [0.25, 0.3) is 5.56 Å². The van der Waals surface area contributed by atoms with Gasteiger partial charge in [0.05, 0.1) is 27.5 Å². The van der Waals surface area contributed by atoms with Crippen molar-refractivity contribution in [2.75, 3.05) is 6.54 Å². The fraction of sp³-hybridized carbons (Fsp3) is 0.250. The highest BCUT2D eigenvalue weighted by molar-refractivity contribution is 7.89. The molecule has 0 saturated carbocycles. The van der Waals surface area contributed by atoms with Crippen LogP contribution in [0, 0.1) is 19.8 Å². The molecule has 0 amide bonds. The number of para-hydroxylation sites is 1. The minimum atomic E-state index is -3.97. The van der Waals surface area contributed by atoms with Gasteiger partial charge < -0.3 is 0 Å². The van der Waals surface area contributed by atoms with Crippen molar-refractivity contribution in [2.24, 2.45) is 5.92 Å². The predicted octanol–water partition coefficient (Wildman–Crippen LogP) is 6.56. The van der Waals surface area contributed by atoms with Crippen molar-refractivity contribution >= 4 is 31.7 Å². The van der Waals surface area contributed by atoms with Crippen LogP contribution in [0.4, 0.5) is 0 Å². The second kappa shape index (κ2) is 10.4. The number of hydrogen-bond donors (Lipinski definition) is 0. The molecule has 0 radical (unpaired) electrons. The lowest BCUT2D eigenvalue weighted by atomic mass is 10.1. The summed E-state index contributed by atoms with van der Waals surface area (Å²) < 4.78 is 31.9. The molecule has 1 unspecified atom stereocenters. The van der Waals surface area contributed by atoms with Crippen LogP contribution in [-0.4, -0.2) is 28.8 Å². The van der Waals surface area contributed by atoms with Crippen LogP contribution in [0.5, 0.6) is 0 Å². The van der Waals surface area contributed by atoms with E-state index >= 15 is 0 Å². The summed E-state index contributed by atoms with van der Waals surface area (Å²) in [6.45, 7) is 10.1. The molecule has 0 bridgehead atoms. The number of hydrogen-bond acceptors (Lipinski definition) is 4. The van der Waals surface area contributed by atoms with Crippen molar-refractivity contribution < 1.29 is 8.42 Å². The molecule has 6 nitrogen and oxygen atoms in total. The van der Waals surface area contributed by atoms with E-state index in [-0.39, 0.29) is 22.9 Å². The first kappa shape index (κ1) is 26.8. The smallest absolute Gasteiger partial charge is 0.266 e. The summed E-state index contributed by atoms with van der Waals surface area (Å²) in [5.74, 6) is 0.422. The van der Waals surface area contributed by atoms with Gasteiger partial charge in [0.15, 0.2) is 0 Å². The van der Waals surface area contributed by atoms with Crippen LogP contribution in [0.3, 0.4) is 0 Å². The lowest BCUT2D eigenvalue weighted by Crippen LogP contribution is -2.39. The molecule has 0 saturated heterocycles. The van der Waals surface area contributed by atoms with Gasteiger partial charge in [0.1, 0.15) is 5.82 Å². The highest BCUT2D eigenvalue weighted by atomic mass is 32.2. The molecular formula is C32H33N3O3S. The van der Waals surface area contributed by atoms with Gasteiger partial charge in [0, 0.05) is 11.9 Å². The molecule has 0 aliphatic rings. The molecule has 200 valence electrons. The summed E-state index contributed by atoms with van der Waals surface area (Å²) in [4.78, 5) is 19.1. The molecule has 1 heterocycles. The largest absolute Gasteiger partial charge is 0.268 e. The Hall–Kier alpha value is -3.81. The average molecular weight is 540 g/mol. The Morgan fingerprint density at radius 1 is 0.821 bits per heavy atom. The first-order chi connectivity index (χ1) is 18.6. The van der Waals surface area contributed by atoms with Crippen LogP contribution in [0.25, 0.3) is 27.4 Å². The zero-order valence-electron chi connectivity index (χ0n) is 22.9. The Labute approximate surface area is 229 Å². The molecule has 0 N–H and O–H groups in total. The standard InChI is InChI=1S/C32H33N3O3S/c1-21(2)20-34(39(37,38)30-16-10-12-25-11-6-7-13-27(25)30)24(5)31-33-29-15-9-8-14-28(29)32(36)35(31)26-18-17-22(3)23(4)19-26/h6-19,21,24H,20H2,1-5H3. The second-order valence-corrected chi connectivity index (χ2v) is 12.4. The number of aromatic nitrogens is 2. The SMILES string of the molecule is Cc1ccc(-n2c(C(C)N(CC(C)C)S(=O)(=O)c3cccc4ccccc34)nc3ccccc3c2=O)cc1C. The van der Waals surface area contributed by atoms with Crippen LogP contribution in [0.1, 0.15) is 43.8 Å². The molecule has 0 aliphatic heterocycles. The molecule has 0 spiro atoms. The highest BCUT2D eigenvalue weighted by Gasteiger charge is 2.34. The minimum absolute atomic E-state index is 0.0412. The van der Waals surface area contributed by atoms with Gasteiger partial charge in [-0.15, -0.1) is 0 Å². The number of rotatable bonds is 7. The number of nitrogens with zero attached hydrogens (tertiary/aromatic N) is 3. The van der Waals surface area contributed by atoms with Crippen molar-refractivity contribution in [1.29, 1.82) is 0 Å². The van der Waals surface area contributed by atoms with Gasteiger partial charge in [-0.1, -0.05) is 68.4 Å². The molecule has 1 atom stereocenters. The molecule has 5 aromatic rings. The predicted molar refractivity (Wildman–Crippen MR) is 158 cm³/mol. The average Bonchev–Trinajstić information content (AvgIpc) is 2.92. The lowest BCUT2D eigenvalue weighted by molar-refractivity contribution is 0.296. The maximum Gasteiger partial charge on any atom is 0.266 e. The third-order valence-corrected chi connectivity index (χ3v) is 9.23. The molecule has 1 aromatic heterocycles. The zero-order chi connectivity index (χ0) is 27.9. The topological polar surface area (TPSA) is 72.3 Å². The van der Waals surface area contributed by atoms with Gasteiger partial charge in [-0.2, -0.15) is 4.31 Å². The van der Waals surface area contributed by atoms with Crippen molar-refractivity contribution in [3.8, 4) is 5.69 Å². The van der Waals surface area contributed by atoms with Gasteiger partial charge in [-0.3, -0.25) is 9.36 Å². The Morgan fingerprint density at radius 2 is 1.49 bits per heavy atom. The van der Waals surface area contributed by atoms with Gasteiger partial charge in [-0.05, 0) is 73.5 Å². The summed E-state index contributed by atoms with van der Waals surface area (Å²) in [6, 6.07) is 25.1. The second-order valence-electron chi connectivity index (χ2n) is 10.5. The van der Waals surface area contributed by atoms with Gasteiger partial charge in [-0.25, -0.2) is 13.4 Å². The normalized spacial score (nSPS) is 13.0. The van der Waals surface area contributed by atoms with E-state index < -0.39 is 16.1 Å². The molecule has 0 aliphatic carbocycles. The van der Waals surface area contributed by atoms with Gasteiger partial charge >= 0.3 is 0 Å². The Bertz CT molecular complexity index is 1850. The first-order valence-electron chi connectivity index (χ1n) is 13.2. The summed E-state index contributed by atoms with van der Waals surface area (Å²) >= 11 is 0. The fourth-order valence-corrected chi connectivity index (χ4v) is 7.02. The van der Waals surface area contributed by atoms with E-state index in [4.69, 9.17) is 4.98 Å². The zero-order valence-corrected chi connectivity index (χ0v) is 23.7. The highest BCUT2D eigenvalue weighted by Crippen LogP contribution is 2.32. The molecule has 7 heteroatoms. The quantitative estimate of drug-likeness (QED) is 0.235. The number of aryl methyl sites for hydroxylation is 2. The van der Waals surface area contributed by atoms with E-state index in [9.17, 15) is 13.2 Å². The van der Waals surface area contributed by atoms with Crippen LogP contribution >= 0.6 is 0 Å². The van der Waals surface area contributed by atoms with Crippen LogP contribution in [0.2, 0.25) is 0 Å². The lowest BCUT2D eigenvalue weighted by Gasteiger charge is -2.31. The maximum atomic E-state index is 14.4. The summed E-state index contributed by atoms with van der Waals surface area (Å²) in [7, 11) is -3.97. The molecule has 4 aromatic carbocycles. The molecule has 5 rings (SSSR count). The molecule has 39 heavy (non-hydrogen) atoms. The number of fused-ring (bicyclic) bond motifs is 2.